The van der Waals surface area contributed by atoms with Crippen LogP contribution in [0, 0.1) is 25.2 Å². The van der Waals surface area contributed by atoms with Crippen LogP contribution in [0.2, 0.25) is 0 Å². The third kappa shape index (κ3) is 3.33. The van der Waals surface area contributed by atoms with Gasteiger partial charge in [0.15, 0.2) is 0 Å². The maximum absolute atomic E-state index is 12.5. The lowest BCUT2D eigenvalue weighted by Gasteiger charge is -2.11. The lowest BCUT2D eigenvalue weighted by atomic mass is 9.97. The number of hydrogen-bond donors (Lipinski definition) is 0. The van der Waals surface area contributed by atoms with Crippen molar-refractivity contribution in [2.24, 2.45) is 0 Å². The quantitative estimate of drug-likeness (QED) is 0.459. The van der Waals surface area contributed by atoms with E-state index in [1.54, 1.807) is 19.1 Å². The molecular formula is C22H17N3O4S. The van der Waals surface area contributed by atoms with E-state index >= 15 is 0 Å². The number of aryl methyl sites for hydroxylation is 2. The first-order valence-corrected chi connectivity index (χ1v) is 10.1. The van der Waals surface area contributed by atoms with Crippen LogP contribution in [-0.2, 0) is 11.2 Å². The number of ether oxygens (including phenoxy) is 1. The highest BCUT2D eigenvalue weighted by molar-refractivity contribution is 7.25. The molecule has 0 saturated heterocycles. The predicted octanol–water partition coefficient (Wildman–Crippen LogP) is 4.05. The largest absolute Gasteiger partial charge is 0.459 e. The summed E-state index contributed by atoms with van der Waals surface area (Å²) in [4.78, 5) is 34.2. The van der Waals surface area contributed by atoms with Crippen LogP contribution in [0.1, 0.15) is 45.6 Å². The van der Waals surface area contributed by atoms with Gasteiger partial charge in [0.2, 0.25) is 0 Å². The molecule has 1 aromatic carbocycles. The van der Waals surface area contributed by atoms with E-state index in [-0.39, 0.29) is 12.5 Å². The molecule has 0 radical (unpaired) electrons. The molecule has 7 nitrogen and oxygen atoms in total. The van der Waals surface area contributed by atoms with E-state index in [2.05, 4.69) is 16.0 Å². The molecule has 3 heterocycles. The first-order valence-electron chi connectivity index (χ1n) is 9.32. The van der Waals surface area contributed by atoms with E-state index < -0.39 is 11.6 Å². The molecule has 0 bridgehead atoms. The van der Waals surface area contributed by atoms with Crippen LogP contribution in [-0.4, -0.2) is 22.5 Å². The monoisotopic (exact) mass is 419 g/mol. The minimum atomic E-state index is -0.772. The number of hydrogen-bond acceptors (Lipinski definition) is 8. The Hall–Kier alpha value is -3.57. The number of nitrogens with zero attached hydrogens (tertiary/aromatic N) is 3. The predicted molar refractivity (Wildman–Crippen MR) is 113 cm³/mol. The lowest BCUT2D eigenvalue weighted by Crippen LogP contribution is -2.11. The van der Waals surface area contributed by atoms with Gasteiger partial charge in [-0.25, -0.2) is 19.6 Å². The van der Waals surface area contributed by atoms with Crippen LogP contribution in [0.25, 0.3) is 20.4 Å². The number of fused-ring (bicyclic) bond motifs is 3. The molecule has 0 saturated carbocycles. The number of rotatable bonds is 4. The van der Waals surface area contributed by atoms with Crippen LogP contribution in [0.15, 0.2) is 33.5 Å². The fourth-order valence-electron chi connectivity index (χ4n) is 3.42. The summed E-state index contributed by atoms with van der Waals surface area (Å²) >= 11 is 1.20. The van der Waals surface area contributed by atoms with Gasteiger partial charge in [-0.2, -0.15) is 5.26 Å². The molecule has 0 aliphatic rings. The first kappa shape index (κ1) is 19.7. The summed E-state index contributed by atoms with van der Waals surface area (Å²) in [5.41, 5.74) is 4.23. The van der Waals surface area contributed by atoms with Crippen molar-refractivity contribution in [1.82, 2.24) is 9.97 Å². The maximum Gasteiger partial charge on any atom is 0.394 e. The van der Waals surface area contributed by atoms with Crippen molar-refractivity contribution in [2.45, 2.75) is 27.2 Å². The molecule has 0 fully saturated rings. The van der Waals surface area contributed by atoms with Gasteiger partial charge in [-0.15, -0.1) is 11.3 Å². The zero-order chi connectivity index (χ0) is 21.4. The Balaban J connectivity index is 1.90. The first-order chi connectivity index (χ1) is 14.4. The zero-order valence-corrected chi connectivity index (χ0v) is 17.4. The normalized spacial score (nSPS) is 11.0. The minimum Gasteiger partial charge on any atom is -0.459 e. The van der Waals surface area contributed by atoms with Crippen molar-refractivity contribution < 1.29 is 13.9 Å². The van der Waals surface area contributed by atoms with Crippen LogP contribution < -0.4 is 5.63 Å². The molecule has 150 valence electrons. The summed E-state index contributed by atoms with van der Waals surface area (Å²) in [6.07, 6.45) is 0.621. The lowest BCUT2D eigenvalue weighted by molar-refractivity contribution is 0.0474. The van der Waals surface area contributed by atoms with Crippen LogP contribution in [0.3, 0.4) is 0 Å². The van der Waals surface area contributed by atoms with Crippen molar-refractivity contribution in [2.75, 3.05) is 6.61 Å². The Morgan fingerprint density at radius 2 is 1.97 bits per heavy atom. The van der Waals surface area contributed by atoms with E-state index in [1.165, 1.54) is 11.3 Å². The molecule has 4 aromatic rings. The molecule has 30 heavy (non-hydrogen) atoms. The van der Waals surface area contributed by atoms with E-state index in [9.17, 15) is 9.59 Å². The van der Waals surface area contributed by atoms with Crippen molar-refractivity contribution >= 4 is 37.7 Å². The molecular weight excluding hydrogens is 402 g/mol. The highest BCUT2D eigenvalue weighted by atomic mass is 32.1. The number of aromatic nitrogens is 2. The summed E-state index contributed by atoms with van der Waals surface area (Å²) in [6.45, 7) is 5.71. The standard InChI is InChI=1S/C22H17N3O4S/c1-4-28-22(27)19-25-17-16-11(2)15(9-13-5-7-14(10-23)8-6-13)12(3)24-20(16)30-18(17)21(26)29-19/h5-8H,4,9H2,1-3H3. The second kappa shape index (κ2) is 7.69. The number of benzene rings is 1. The summed E-state index contributed by atoms with van der Waals surface area (Å²) in [5, 5.41) is 9.73. The molecule has 0 aliphatic heterocycles. The van der Waals surface area contributed by atoms with Crippen molar-refractivity contribution in [3.63, 3.8) is 0 Å². The van der Waals surface area contributed by atoms with Crippen molar-refractivity contribution in [1.29, 1.82) is 5.26 Å². The highest BCUT2D eigenvalue weighted by Crippen LogP contribution is 2.35. The third-order valence-electron chi connectivity index (χ3n) is 4.90. The summed E-state index contributed by atoms with van der Waals surface area (Å²) in [7, 11) is 0. The third-order valence-corrected chi connectivity index (χ3v) is 5.95. The Morgan fingerprint density at radius 3 is 2.63 bits per heavy atom. The van der Waals surface area contributed by atoms with Gasteiger partial charge < -0.3 is 9.15 Å². The van der Waals surface area contributed by atoms with Gasteiger partial charge >= 0.3 is 17.5 Å². The topological polar surface area (TPSA) is 106 Å². The Labute approximate surface area is 175 Å². The Bertz CT molecular complexity index is 1390. The molecule has 0 atom stereocenters. The summed E-state index contributed by atoms with van der Waals surface area (Å²) in [5.74, 6) is -1.13. The van der Waals surface area contributed by atoms with Crippen LogP contribution in [0.4, 0.5) is 0 Å². The van der Waals surface area contributed by atoms with Gasteiger partial charge in [-0.3, -0.25) is 0 Å². The average molecular weight is 419 g/mol. The molecule has 0 amide bonds. The maximum atomic E-state index is 12.5. The van der Waals surface area contributed by atoms with E-state index in [0.717, 1.165) is 27.8 Å². The van der Waals surface area contributed by atoms with Crippen molar-refractivity contribution in [3.05, 3.63) is 68.5 Å². The molecule has 0 unspecified atom stereocenters. The van der Waals surface area contributed by atoms with Gasteiger partial charge in [0.25, 0.3) is 0 Å². The van der Waals surface area contributed by atoms with Crippen molar-refractivity contribution in [3.8, 4) is 6.07 Å². The van der Waals surface area contributed by atoms with Crippen LogP contribution in [0.5, 0.6) is 0 Å². The number of nitriles is 1. The fraction of sp³-hybridized carbons (Fsp3) is 0.227. The zero-order valence-electron chi connectivity index (χ0n) is 16.6. The molecule has 4 rings (SSSR count). The summed E-state index contributed by atoms with van der Waals surface area (Å²) in [6, 6.07) is 9.51. The number of carbonyl (C=O) groups is 1. The Morgan fingerprint density at radius 1 is 1.23 bits per heavy atom. The van der Waals surface area contributed by atoms with Gasteiger partial charge in [0.1, 0.15) is 15.0 Å². The number of carbonyl (C=O) groups excluding carboxylic acids is 1. The van der Waals surface area contributed by atoms with Gasteiger partial charge in [-0.1, -0.05) is 12.1 Å². The molecule has 0 aliphatic carbocycles. The highest BCUT2D eigenvalue weighted by Gasteiger charge is 2.22. The fourth-order valence-corrected chi connectivity index (χ4v) is 4.51. The number of pyridine rings is 1. The van der Waals surface area contributed by atoms with E-state index in [4.69, 9.17) is 14.4 Å². The second-order valence-electron chi connectivity index (χ2n) is 6.77. The minimum absolute atomic E-state index is 0.154. The average Bonchev–Trinajstić information content (AvgIpc) is 3.10. The molecule has 0 spiro atoms. The Kier molecular flexibility index (Phi) is 5.06. The number of thiophene rings is 1. The second-order valence-corrected chi connectivity index (χ2v) is 7.77. The molecule has 0 N–H and O–H groups in total. The number of esters is 1. The van der Waals surface area contributed by atoms with Crippen LogP contribution >= 0.6 is 11.3 Å². The van der Waals surface area contributed by atoms with Gasteiger partial charge in [0, 0.05) is 11.1 Å². The summed E-state index contributed by atoms with van der Waals surface area (Å²) < 4.78 is 10.3. The molecule has 3 aromatic heterocycles. The van der Waals surface area contributed by atoms with Gasteiger partial charge in [-0.05, 0) is 56.0 Å². The molecule has 8 heteroatoms. The van der Waals surface area contributed by atoms with Gasteiger partial charge in [0.05, 0.1) is 18.2 Å². The SMILES string of the molecule is CCOC(=O)c1nc2c(sc3nc(C)c(Cc4ccc(C#N)cc4)c(C)c32)c(=O)o1. The van der Waals surface area contributed by atoms with E-state index in [1.807, 2.05) is 26.0 Å². The van der Waals surface area contributed by atoms with E-state index in [0.29, 0.717) is 27.0 Å². The smallest absolute Gasteiger partial charge is 0.394 e.